The molecule has 214 valence electrons. The summed E-state index contributed by atoms with van der Waals surface area (Å²) in [5.41, 5.74) is 6.63. The Bertz CT molecular complexity index is 1320. The Hall–Kier alpha value is -3.16. The van der Waals surface area contributed by atoms with E-state index >= 15 is 0 Å². The monoisotopic (exact) mass is 559 g/mol. The van der Waals surface area contributed by atoms with E-state index < -0.39 is 14.3 Å². The lowest BCUT2D eigenvalue weighted by Gasteiger charge is -2.36. The summed E-state index contributed by atoms with van der Waals surface area (Å²) in [5, 5.41) is 9.61. The highest BCUT2D eigenvalue weighted by atomic mass is 28.4. The summed E-state index contributed by atoms with van der Waals surface area (Å²) in [7, 11) is 0.352. The Balaban J connectivity index is 1.46. The number of pyridine rings is 1. The zero-order valence-corrected chi connectivity index (χ0v) is 26.2. The summed E-state index contributed by atoms with van der Waals surface area (Å²) in [6, 6.07) is 18.8. The quantitative estimate of drug-likeness (QED) is 0.254. The van der Waals surface area contributed by atoms with E-state index in [0.29, 0.717) is 12.5 Å². The molecule has 1 aromatic heterocycles. The van der Waals surface area contributed by atoms with Crippen molar-refractivity contribution in [2.45, 2.75) is 77.6 Å². The van der Waals surface area contributed by atoms with Gasteiger partial charge in [0.15, 0.2) is 8.32 Å². The first-order valence-corrected chi connectivity index (χ1v) is 17.3. The molecule has 1 aliphatic carbocycles. The van der Waals surface area contributed by atoms with Crippen LogP contribution in [0.15, 0.2) is 60.8 Å². The van der Waals surface area contributed by atoms with Crippen molar-refractivity contribution in [3.63, 3.8) is 0 Å². The number of hydrogen-bond donors (Lipinski definition) is 1. The molecule has 6 nitrogen and oxygen atoms in total. The average Bonchev–Trinajstić information content (AvgIpc) is 2.94. The summed E-state index contributed by atoms with van der Waals surface area (Å²) in [6.07, 6.45) is 4.94. The topological polar surface area (TPSA) is 65.9 Å². The Morgan fingerprint density at radius 1 is 1.07 bits per heavy atom. The molecule has 1 N–H and O–H groups in total. The van der Waals surface area contributed by atoms with E-state index in [1.807, 2.05) is 0 Å². The van der Waals surface area contributed by atoms with Gasteiger partial charge in [-0.05, 0) is 97.4 Å². The maximum atomic E-state index is 11.5. The Kier molecular flexibility index (Phi) is 9.05. The molecule has 0 amide bonds. The third kappa shape index (κ3) is 6.76. The third-order valence-electron chi connectivity index (χ3n) is 8.82. The van der Waals surface area contributed by atoms with E-state index in [0.717, 1.165) is 43.9 Å². The second-order valence-corrected chi connectivity index (χ2v) is 17.3. The highest BCUT2D eigenvalue weighted by molar-refractivity contribution is 6.74. The van der Waals surface area contributed by atoms with Gasteiger partial charge in [-0.3, -0.25) is 0 Å². The lowest BCUT2D eigenvalue weighted by Crippen LogP contribution is -2.40. The van der Waals surface area contributed by atoms with Crippen LogP contribution in [0.5, 0.6) is 0 Å². The van der Waals surface area contributed by atoms with Crippen LogP contribution in [0.2, 0.25) is 18.1 Å². The molecule has 1 heterocycles. The summed E-state index contributed by atoms with van der Waals surface area (Å²) in [6.45, 7) is 15.8. The number of rotatable bonds is 10. The fourth-order valence-electron chi connectivity index (χ4n) is 5.12. The lowest BCUT2D eigenvalue weighted by atomic mass is 9.82. The number of likely N-dealkylation sites (N-methyl/N-ethyl adjacent to an activating group) is 1. The predicted molar refractivity (Wildman–Crippen MR) is 168 cm³/mol. The number of carboxylic acid groups (broad SMARTS) is 1. The second-order valence-electron chi connectivity index (χ2n) is 12.5. The highest BCUT2D eigenvalue weighted by Gasteiger charge is 2.37. The number of aromatic nitrogens is 1. The van der Waals surface area contributed by atoms with E-state index in [1.54, 1.807) is 18.3 Å². The smallest absolute Gasteiger partial charge is 0.335 e. The van der Waals surface area contributed by atoms with Gasteiger partial charge in [-0.2, -0.15) is 0 Å². The van der Waals surface area contributed by atoms with Crippen LogP contribution in [0.3, 0.4) is 0 Å². The summed E-state index contributed by atoms with van der Waals surface area (Å²) >= 11 is 0. The van der Waals surface area contributed by atoms with Crippen molar-refractivity contribution < 1.29 is 14.3 Å². The second kappa shape index (κ2) is 12.1. The molecule has 0 radical (unpaired) electrons. The van der Waals surface area contributed by atoms with Gasteiger partial charge < -0.3 is 19.3 Å². The predicted octanol–water partition coefficient (Wildman–Crippen LogP) is 8.02. The largest absolute Gasteiger partial charge is 0.478 e. The number of hydrogen-bond acceptors (Lipinski definition) is 5. The molecule has 0 unspecified atom stereocenters. The minimum absolute atomic E-state index is 0.204. The van der Waals surface area contributed by atoms with Gasteiger partial charge in [0.05, 0.1) is 12.2 Å². The highest BCUT2D eigenvalue weighted by Crippen LogP contribution is 2.38. The minimum atomic E-state index is -1.78. The Labute approximate surface area is 241 Å². The van der Waals surface area contributed by atoms with E-state index in [4.69, 9.17) is 4.43 Å². The van der Waals surface area contributed by atoms with Gasteiger partial charge in [0, 0.05) is 43.6 Å². The average molecular weight is 560 g/mol. The zero-order valence-electron chi connectivity index (χ0n) is 25.2. The van der Waals surface area contributed by atoms with Gasteiger partial charge in [-0.15, -0.1) is 0 Å². The van der Waals surface area contributed by atoms with E-state index in [2.05, 4.69) is 105 Å². The van der Waals surface area contributed by atoms with Crippen LogP contribution in [0.4, 0.5) is 17.2 Å². The molecule has 1 aliphatic rings. The van der Waals surface area contributed by atoms with Crippen molar-refractivity contribution in [2.75, 3.05) is 29.9 Å². The van der Waals surface area contributed by atoms with Gasteiger partial charge >= 0.3 is 5.97 Å². The molecule has 2 aromatic carbocycles. The number of benzene rings is 2. The molecule has 40 heavy (non-hydrogen) atoms. The van der Waals surface area contributed by atoms with Crippen LogP contribution in [-0.2, 0) is 17.5 Å². The van der Waals surface area contributed by atoms with Crippen molar-refractivity contribution in [2.24, 2.45) is 0 Å². The third-order valence-corrected chi connectivity index (χ3v) is 13.3. The van der Waals surface area contributed by atoms with Gasteiger partial charge in [-0.1, -0.05) is 39.0 Å². The number of aryl methyl sites for hydroxylation is 1. The van der Waals surface area contributed by atoms with Crippen molar-refractivity contribution in [3.05, 3.63) is 83.0 Å². The normalized spacial score (nSPS) is 15.4. The first-order valence-electron chi connectivity index (χ1n) is 14.4. The van der Waals surface area contributed by atoms with Gasteiger partial charge in [0.25, 0.3) is 0 Å². The molecule has 0 aliphatic heterocycles. The Morgan fingerprint density at radius 2 is 1.77 bits per heavy atom. The van der Waals surface area contributed by atoms with E-state index in [1.165, 1.54) is 22.4 Å². The van der Waals surface area contributed by atoms with Crippen molar-refractivity contribution in [1.82, 2.24) is 4.98 Å². The summed E-state index contributed by atoms with van der Waals surface area (Å²) < 4.78 is 6.41. The van der Waals surface area contributed by atoms with E-state index in [-0.39, 0.29) is 10.6 Å². The molecule has 0 spiro atoms. The fourth-order valence-corrected chi connectivity index (χ4v) is 6.08. The van der Waals surface area contributed by atoms with Crippen molar-refractivity contribution in [1.29, 1.82) is 0 Å². The lowest BCUT2D eigenvalue weighted by molar-refractivity contribution is 0.0696. The maximum absolute atomic E-state index is 11.5. The Morgan fingerprint density at radius 3 is 2.42 bits per heavy atom. The molecule has 7 heteroatoms. The number of carbonyl (C=O) groups is 1. The zero-order chi connectivity index (χ0) is 29.1. The summed E-state index contributed by atoms with van der Waals surface area (Å²) in [5.74, 6) is 0.191. The van der Waals surface area contributed by atoms with Gasteiger partial charge in [0.2, 0.25) is 0 Å². The van der Waals surface area contributed by atoms with Crippen LogP contribution in [0, 0.1) is 0 Å². The molecule has 0 bridgehead atoms. The van der Waals surface area contributed by atoms with Crippen LogP contribution in [-0.4, -0.2) is 44.5 Å². The standard InChI is InChI=1S/C33H45N3O3Si/c1-8-36(31-21-26(32(37)38)18-19-34-31)22-27-11-9-10-25-20-29(16-17-30(25)27)35(5)28-14-12-24(13-15-28)23-39-40(6,7)33(2,3)4/h12-21,27H,8-11,22-23H2,1-7H3,(H,37,38)/t27-/m0/s1. The SMILES string of the molecule is CCN(C[C@@H]1CCCc2cc(N(C)c3ccc(CO[Si](C)(C)C(C)(C)C)cc3)ccc21)c1cc(C(=O)O)ccn1. The molecule has 1 atom stereocenters. The summed E-state index contributed by atoms with van der Waals surface area (Å²) in [4.78, 5) is 20.4. The first-order chi connectivity index (χ1) is 18.9. The molecule has 4 rings (SSSR count). The molecule has 0 saturated carbocycles. The number of anilines is 3. The van der Waals surface area contributed by atoms with Gasteiger partial charge in [-0.25, -0.2) is 9.78 Å². The van der Waals surface area contributed by atoms with Gasteiger partial charge in [0.1, 0.15) is 5.82 Å². The van der Waals surface area contributed by atoms with E-state index in [9.17, 15) is 9.90 Å². The molecular formula is C33H45N3O3Si. The first kappa shape index (κ1) is 29.8. The molecular weight excluding hydrogens is 514 g/mol. The van der Waals surface area contributed by atoms with Crippen LogP contribution in [0.25, 0.3) is 0 Å². The minimum Gasteiger partial charge on any atom is -0.478 e. The molecule has 3 aromatic rings. The molecule has 0 fully saturated rings. The van der Waals surface area contributed by atoms with Crippen LogP contribution < -0.4 is 9.80 Å². The van der Waals surface area contributed by atoms with Crippen molar-refractivity contribution >= 4 is 31.5 Å². The van der Waals surface area contributed by atoms with Crippen molar-refractivity contribution in [3.8, 4) is 0 Å². The number of carboxylic acids is 1. The maximum Gasteiger partial charge on any atom is 0.335 e. The van der Waals surface area contributed by atoms with Crippen LogP contribution in [0.1, 0.15) is 73.5 Å². The number of fused-ring (bicyclic) bond motifs is 1. The number of aromatic carboxylic acids is 1. The fraction of sp³-hybridized carbons (Fsp3) is 0.455. The molecule has 0 saturated heterocycles. The van der Waals surface area contributed by atoms with Crippen LogP contribution >= 0.6 is 0 Å². The number of nitrogens with zero attached hydrogens (tertiary/aromatic N) is 3.